The van der Waals surface area contributed by atoms with Crippen LogP contribution in [0.15, 0.2) is 23.1 Å². The molecule has 116 valence electrons. The lowest BCUT2D eigenvalue weighted by Gasteiger charge is -2.20. The summed E-state index contributed by atoms with van der Waals surface area (Å²) >= 11 is 0. The van der Waals surface area contributed by atoms with E-state index in [-0.39, 0.29) is 5.56 Å². The van der Waals surface area contributed by atoms with Gasteiger partial charge in [-0.2, -0.15) is 4.68 Å². The standard InChI is InChI=1S/C16H20N4O2/c1-10-9-18-16(20(17)15(10)21)19-13-7-11-5-3-4-6-12(11)8-14(13)22-2/h7-9H,3-6,17H2,1-2H3,(H,18,19). The van der Waals surface area contributed by atoms with Crippen molar-refractivity contribution in [2.24, 2.45) is 0 Å². The molecule has 1 heterocycles. The van der Waals surface area contributed by atoms with E-state index >= 15 is 0 Å². The molecule has 1 aromatic heterocycles. The maximum absolute atomic E-state index is 11.9. The number of hydrogen-bond donors (Lipinski definition) is 2. The van der Waals surface area contributed by atoms with Crippen LogP contribution in [0.5, 0.6) is 5.75 Å². The second-order valence-electron chi connectivity index (χ2n) is 5.59. The summed E-state index contributed by atoms with van der Waals surface area (Å²) in [6, 6.07) is 4.13. The van der Waals surface area contributed by atoms with E-state index in [1.165, 1.54) is 30.2 Å². The molecular weight excluding hydrogens is 280 g/mol. The van der Waals surface area contributed by atoms with E-state index in [0.29, 0.717) is 11.5 Å². The molecular formula is C16H20N4O2. The molecule has 0 bridgehead atoms. The third-order valence-electron chi connectivity index (χ3n) is 4.08. The maximum atomic E-state index is 11.9. The van der Waals surface area contributed by atoms with Gasteiger partial charge >= 0.3 is 0 Å². The Morgan fingerprint density at radius 1 is 1.27 bits per heavy atom. The molecule has 6 nitrogen and oxygen atoms in total. The number of fused-ring (bicyclic) bond motifs is 1. The van der Waals surface area contributed by atoms with Gasteiger partial charge in [0.2, 0.25) is 5.95 Å². The van der Waals surface area contributed by atoms with Gasteiger partial charge in [0.15, 0.2) is 0 Å². The number of nitrogens with one attached hydrogen (secondary N) is 1. The topological polar surface area (TPSA) is 82.2 Å². The van der Waals surface area contributed by atoms with Gasteiger partial charge in [0.1, 0.15) is 5.75 Å². The number of methoxy groups -OCH3 is 1. The summed E-state index contributed by atoms with van der Waals surface area (Å²) in [4.78, 5) is 16.1. The number of aromatic nitrogens is 2. The van der Waals surface area contributed by atoms with Crippen LogP contribution in [0.2, 0.25) is 0 Å². The van der Waals surface area contributed by atoms with Gasteiger partial charge in [-0.15, -0.1) is 0 Å². The molecule has 0 saturated carbocycles. The van der Waals surface area contributed by atoms with Crippen molar-refractivity contribution in [1.82, 2.24) is 9.66 Å². The largest absolute Gasteiger partial charge is 0.495 e. The van der Waals surface area contributed by atoms with E-state index in [2.05, 4.69) is 22.4 Å². The van der Waals surface area contributed by atoms with Gasteiger partial charge in [0.05, 0.1) is 12.8 Å². The van der Waals surface area contributed by atoms with Crippen molar-refractivity contribution >= 4 is 11.6 Å². The summed E-state index contributed by atoms with van der Waals surface area (Å²) in [6.45, 7) is 1.68. The molecule has 0 fully saturated rings. The Morgan fingerprint density at radius 3 is 2.64 bits per heavy atom. The highest BCUT2D eigenvalue weighted by Gasteiger charge is 2.15. The van der Waals surface area contributed by atoms with Gasteiger partial charge in [0.25, 0.3) is 5.56 Å². The van der Waals surface area contributed by atoms with Gasteiger partial charge in [0, 0.05) is 11.8 Å². The highest BCUT2D eigenvalue weighted by atomic mass is 16.5. The van der Waals surface area contributed by atoms with E-state index in [1.807, 2.05) is 0 Å². The molecule has 0 atom stereocenters. The molecule has 1 aliphatic carbocycles. The number of anilines is 2. The Labute approximate surface area is 128 Å². The second-order valence-corrected chi connectivity index (χ2v) is 5.59. The zero-order valence-corrected chi connectivity index (χ0v) is 12.8. The van der Waals surface area contributed by atoms with Crippen LogP contribution in [0.25, 0.3) is 0 Å². The molecule has 3 rings (SSSR count). The normalized spacial score (nSPS) is 13.5. The third kappa shape index (κ3) is 2.52. The Morgan fingerprint density at radius 2 is 1.95 bits per heavy atom. The zero-order valence-electron chi connectivity index (χ0n) is 12.8. The first-order chi connectivity index (χ1) is 10.6. The van der Waals surface area contributed by atoms with Crippen LogP contribution in [-0.2, 0) is 12.8 Å². The number of hydrogen-bond acceptors (Lipinski definition) is 5. The fourth-order valence-corrected chi connectivity index (χ4v) is 2.80. The average Bonchev–Trinajstić information content (AvgIpc) is 2.54. The fourth-order valence-electron chi connectivity index (χ4n) is 2.80. The lowest BCUT2D eigenvalue weighted by atomic mass is 9.91. The van der Waals surface area contributed by atoms with E-state index in [1.54, 1.807) is 14.0 Å². The first kappa shape index (κ1) is 14.4. The molecule has 22 heavy (non-hydrogen) atoms. The summed E-state index contributed by atoms with van der Waals surface area (Å²) < 4.78 is 6.48. The number of benzene rings is 1. The van der Waals surface area contributed by atoms with E-state index in [9.17, 15) is 4.79 Å². The molecule has 0 aliphatic heterocycles. The molecule has 1 aromatic carbocycles. The van der Waals surface area contributed by atoms with Crippen molar-refractivity contribution in [3.8, 4) is 5.75 Å². The number of aryl methyl sites for hydroxylation is 3. The third-order valence-corrected chi connectivity index (χ3v) is 4.08. The van der Waals surface area contributed by atoms with Crippen LogP contribution in [0.3, 0.4) is 0 Å². The van der Waals surface area contributed by atoms with Crippen LogP contribution < -0.4 is 21.5 Å². The summed E-state index contributed by atoms with van der Waals surface area (Å²) in [6.07, 6.45) is 6.06. The molecule has 0 saturated heterocycles. The average molecular weight is 300 g/mol. The Balaban J connectivity index is 2.01. The highest BCUT2D eigenvalue weighted by molar-refractivity contribution is 5.65. The lowest BCUT2D eigenvalue weighted by molar-refractivity contribution is 0.415. The van der Waals surface area contributed by atoms with Crippen molar-refractivity contribution < 1.29 is 4.74 Å². The number of nitrogen functional groups attached to an aromatic ring is 1. The lowest BCUT2D eigenvalue weighted by Crippen LogP contribution is -2.31. The van der Waals surface area contributed by atoms with Crippen molar-refractivity contribution in [3.05, 3.63) is 45.4 Å². The van der Waals surface area contributed by atoms with E-state index in [0.717, 1.165) is 29.0 Å². The minimum atomic E-state index is -0.269. The molecule has 2 aromatic rings. The van der Waals surface area contributed by atoms with Crippen molar-refractivity contribution in [2.75, 3.05) is 18.3 Å². The van der Waals surface area contributed by atoms with Crippen LogP contribution in [0.4, 0.5) is 11.6 Å². The second kappa shape index (κ2) is 5.71. The van der Waals surface area contributed by atoms with Crippen LogP contribution in [-0.4, -0.2) is 16.8 Å². The monoisotopic (exact) mass is 300 g/mol. The number of nitrogens with zero attached hydrogens (tertiary/aromatic N) is 2. The van der Waals surface area contributed by atoms with Crippen LogP contribution in [0.1, 0.15) is 29.5 Å². The SMILES string of the molecule is COc1cc2c(cc1Nc1ncc(C)c(=O)n1N)CCCC2. The zero-order chi connectivity index (χ0) is 15.7. The molecule has 0 amide bonds. The predicted octanol–water partition coefficient (Wildman–Crippen LogP) is 1.90. The summed E-state index contributed by atoms with van der Waals surface area (Å²) in [5, 5.41) is 3.11. The van der Waals surface area contributed by atoms with Crippen LogP contribution >= 0.6 is 0 Å². The summed E-state index contributed by atoms with van der Waals surface area (Å²) in [5.74, 6) is 6.83. The summed E-state index contributed by atoms with van der Waals surface area (Å²) in [5.41, 5.74) is 3.65. The minimum absolute atomic E-state index is 0.269. The molecule has 0 unspecified atom stereocenters. The van der Waals surface area contributed by atoms with Gasteiger partial charge < -0.3 is 15.9 Å². The Bertz CT molecular complexity index is 767. The predicted molar refractivity (Wildman–Crippen MR) is 86.3 cm³/mol. The number of rotatable bonds is 3. The van der Waals surface area contributed by atoms with Crippen molar-refractivity contribution in [3.63, 3.8) is 0 Å². The first-order valence-electron chi connectivity index (χ1n) is 7.40. The minimum Gasteiger partial charge on any atom is -0.495 e. The smallest absolute Gasteiger partial charge is 0.276 e. The van der Waals surface area contributed by atoms with Crippen LogP contribution in [0, 0.1) is 6.92 Å². The number of nitrogens with two attached hydrogens (primary N) is 1. The van der Waals surface area contributed by atoms with Crippen molar-refractivity contribution in [1.29, 1.82) is 0 Å². The molecule has 3 N–H and O–H groups in total. The number of ether oxygens (including phenoxy) is 1. The Hall–Kier alpha value is -2.50. The van der Waals surface area contributed by atoms with Gasteiger partial charge in [-0.25, -0.2) is 4.98 Å². The van der Waals surface area contributed by atoms with Crippen molar-refractivity contribution in [2.45, 2.75) is 32.6 Å². The van der Waals surface area contributed by atoms with E-state index < -0.39 is 0 Å². The van der Waals surface area contributed by atoms with Gasteiger partial charge in [-0.3, -0.25) is 4.79 Å². The molecule has 0 spiro atoms. The summed E-state index contributed by atoms with van der Waals surface area (Å²) in [7, 11) is 1.63. The highest BCUT2D eigenvalue weighted by Crippen LogP contribution is 2.33. The van der Waals surface area contributed by atoms with Gasteiger partial charge in [-0.05, 0) is 55.9 Å². The molecule has 0 radical (unpaired) electrons. The van der Waals surface area contributed by atoms with Gasteiger partial charge in [-0.1, -0.05) is 0 Å². The molecule has 1 aliphatic rings. The Kier molecular flexibility index (Phi) is 3.75. The fraction of sp³-hybridized carbons (Fsp3) is 0.375. The maximum Gasteiger partial charge on any atom is 0.276 e. The first-order valence-corrected chi connectivity index (χ1v) is 7.40. The molecule has 6 heteroatoms. The van der Waals surface area contributed by atoms with E-state index in [4.69, 9.17) is 10.6 Å². The quantitative estimate of drug-likeness (QED) is 0.846.